The first-order valence-electron chi connectivity index (χ1n) is 10.3. The van der Waals surface area contributed by atoms with Crippen LogP contribution in [0.3, 0.4) is 0 Å². The molecule has 0 heterocycles. The zero-order chi connectivity index (χ0) is 19.7. The molecule has 2 atom stereocenters. The van der Waals surface area contributed by atoms with E-state index in [2.05, 4.69) is 26.8 Å². The third-order valence-electron chi connectivity index (χ3n) is 5.63. The predicted molar refractivity (Wildman–Crippen MR) is 113 cm³/mol. The van der Waals surface area contributed by atoms with E-state index in [9.17, 15) is 9.90 Å². The standard InChI is InChI=1S/C24H33NO2/c1-4-7-9-14-20-21(23(26)27)15-17-24(6-3,16-5-2)22(20)25-18-19-12-10-8-11-13-19/h8,10-13,15,17-18,22H,4-7,9,14,16H2,1-3H3,(H,26,27). The minimum atomic E-state index is -0.834. The number of benzene rings is 1. The molecule has 2 unspecified atom stereocenters. The van der Waals surface area contributed by atoms with E-state index in [-0.39, 0.29) is 11.5 Å². The number of unbranched alkanes of at least 4 members (excludes halogenated alkanes) is 2. The van der Waals surface area contributed by atoms with Crippen LogP contribution in [0.15, 0.2) is 58.6 Å². The Kier molecular flexibility index (Phi) is 8.02. The molecule has 3 nitrogen and oxygen atoms in total. The van der Waals surface area contributed by atoms with Gasteiger partial charge in [0.25, 0.3) is 0 Å². The van der Waals surface area contributed by atoms with E-state index in [1.54, 1.807) is 0 Å². The molecule has 0 aliphatic heterocycles. The monoisotopic (exact) mass is 367 g/mol. The Morgan fingerprint density at radius 1 is 1.15 bits per heavy atom. The van der Waals surface area contributed by atoms with Crippen molar-refractivity contribution >= 4 is 12.2 Å². The third-order valence-corrected chi connectivity index (χ3v) is 5.63. The summed E-state index contributed by atoms with van der Waals surface area (Å²) in [5.74, 6) is -0.834. The predicted octanol–water partition coefficient (Wildman–Crippen LogP) is 6.20. The van der Waals surface area contributed by atoms with Crippen molar-refractivity contribution in [2.75, 3.05) is 0 Å². The highest BCUT2D eigenvalue weighted by Crippen LogP contribution is 2.44. The average molecular weight is 368 g/mol. The second kappa shape index (κ2) is 10.2. The molecular formula is C24H33NO2. The maximum Gasteiger partial charge on any atom is 0.335 e. The lowest BCUT2D eigenvalue weighted by molar-refractivity contribution is -0.132. The van der Waals surface area contributed by atoms with Gasteiger partial charge < -0.3 is 5.11 Å². The number of rotatable bonds is 10. The number of carboxylic acid groups (broad SMARTS) is 1. The van der Waals surface area contributed by atoms with Gasteiger partial charge in [-0.05, 0) is 36.8 Å². The molecule has 0 amide bonds. The molecule has 0 aromatic heterocycles. The molecule has 1 N–H and O–H groups in total. The fourth-order valence-electron chi connectivity index (χ4n) is 4.10. The first-order valence-corrected chi connectivity index (χ1v) is 10.3. The van der Waals surface area contributed by atoms with Gasteiger partial charge in [0.2, 0.25) is 0 Å². The van der Waals surface area contributed by atoms with Gasteiger partial charge in [-0.2, -0.15) is 0 Å². The van der Waals surface area contributed by atoms with Crippen molar-refractivity contribution in [3.8, 4) is 0 Å². The molecule has 0 bridgehead atoms. The zero-order valence-corrected chi connectivity index (χ0v) is 16.9. The Labute approximate surface area is 163 Å². The van der Waals surface area contributed by atoms with Crippen LogP contribution in [0.25, 0.3) is 0 Å². The number of carbonyl (C=O) groups is 1. The summed E-state index contributed by atoms with van der Waals surface area (Å²) in [6.07, 6.45) is 13.0. The van der Waals surface area contributed by atoms with Gasteiger partial charge in [0.1, 0.15) is 0 Å². The van der Waals surface area contributed by atoms with Crippen LogP contribution in [0.2, 0.25) is 0 Å². The second-order valence-corrected chi connectivity index (χ2v) is 7.46. The highest BCUT2D eigenvalue weighted by atomic mass is 16.4. The molecule has 0 fully saturated rings. The minimum absolute atomic E-state index is 0.0967. The van der Waals surface area contributed by atoms with Crippen molar-refractivity contribution in [3.05, 3.63) is 59.2 Å². The topological polar surface area (TPSA) is 49.7 Å². The molecular weight excluding hydrogens is 334 g/mol. The van der Waals surface area contributed by atoms with E-state index in [0.717, 1.165) is 56.1 Å². The van der Waals surface area contributed by atoms with E-state index < -0.39 is 5.97 Å². The van der Waals surface area contributed by atoms with Gasteiger partial charge in [-0.3, -0.25) is 4.99 Å². The van der Waals surface area contributed by atoms with Gasteiger partial charge >= 0.3 is 5.97 Å². The van der Waals surface area contributed by atoms with Crippen molar-refractivity contribution in [3.63, 3.8) is 0 Å². The Morgan fingerprint density at radius 2 is 1.89 bits per heavy atom. The average Bonchev–Trinajstić information content (AvgIpc) is 2.68. The first kappa shape index (κ1) is 21.1. The molecule has 0 saturated heterocycles. The number of carboxylic acids is 1. The van der Waals surface area contributed by atoms with Crippen LogP contribution in [0.1, 0.15) is 71.3 Å². The lowest BCUT2D eigenvalue weighted by Crippen LogP contribution is -2.37. The lowest BCUT2D eigenvalue weighted by Gasteiger charge is -2.40. The lowest BCUT2D eigenvalue weighted by atomic mass is 9.67. The Bertz CT molecular complexity index is 702. The van der Waals surface area contributed by atoms with Gasteiger partial charge in [-0.15, -0.1) is 0 Å². The molecule has 1 aromatic carbocycles. The molecule has 0 saturated carbocycles. The van der Waals surface area contributed by atoms with Crippen LogP contribution in [-0.2, 0) is 4.79 Å². The summed E-state index contributed by atoms with van der Waals surface area (Å²) >= 11 is 0. The van der Waals surface area contributed by atoms with Crippen LogP contribution in [0.5, 0.6) is 0 Å². The smallest absolute Gasteiger partial charge is 0.335 e. The van der Waals surface area contributed by atoms with Gasteiger partial charge in [0.05, 0.1) is 11.6 Å². The van der Waals surface area contributed by atoms with Crippen molar-refractivity contribution in [1.29, 1.82) is 0 Å². The quantitative estimate of drug-likeness (QED) is 0.395. The minimum Gasteiger partial charge on any atom is -0.478 e. The van der Waals surface area contributed by atoms with Crippen molar-refractivity contribution in [2.24, 2.45) is 10.4 Å². The Balaban J connectivity index is 2.48. The summed E-state index contributed by atoms with van der Waals surface area (Å²) < 4.78 is 0. The zero-order valence-electron chi connectivity index (χ0n) is 16.9. The highest BCUT2D eigenvalue weighted by Gasteiger charge is 2.40. The van der Waals surface area contributed by atoms with Crippen LogP contribution >= 0.6 is 0 Å². The number of aliphatic imine (C=N–C) groups is 1. The van der Waals surface area contributed by atoms with Crippen LogP contribution in [0.4, 0.5) is 0 Å². The summed E-state index contributed by atoms with van der Waals surface area (Å²) in [7, 11) is 0. The molecule has 0 spiro atoms. The number of hydrogen-bond donors (Lipinski definition) is 1. The fourth-order valence-corrected chi connectivity index (χ4v) is 4.10. The summed E-state index contributed by atoms with van der Waals surface area (Å²) in [5.41, 5.74) is 2.40. The van der Waals surface area contributed by atoms with Gasteiger partial charge in [-0.1, -0.05) is 82.5 Å². The number of aliphatic carboxylic acids is 1. The molecule has 0 radical (unpaired) electrons. The van der Waals surface area contributed by atoms with E-state index in [0.29, 0.717) is 5.57 Å². The van der Waals surface area contributed by atoms with Gasteiger partial charge in [0, 0.05) is 11.6 Å². The number of nitrogens with zero attached hydrogens (tertiary/aromatic N) is 1. The van der Waals surface area contributed by atoms with Crippen molar-refractivity contribution in [1.82, 2.24) is 0 Å². The van der Waals surface area contributed by atoms with E-state index >= 15 is 0 Å². The maximum atomic E-state index is 11.9. The van der Waals surface area contributed by atoms with E-state index in [1.165, 1.54) is 0 Å². The van der Waals surface area contributed by atoms with Crippen LogP contribution in [0, 0.1) is 5.41 Å². The van der Waals surface area contributed by atoms with Crippen LogP contribution < -0.4 is 0 Å². The normalized spacial score (nSPS) is 22.6. The highest BCUT2D eigenvalue weighted by molar-refractivity contribution is 5.92. The molecule has 1 aliphatic rings. The molecule has 27 heavy (non-hydrogen) atoms. The SMILES string of the molecule is CCCCCC1=C(C(=O)O)C=CC(CC)(CCC)C1N=Cc1ccccc1. The van der Waals surface area contributed by atoms with E-state index in [4.69, 9.17) is 4.99 Å². The molecule has 2 rings (SSSR count). The maximum absolute atomic E-state index is 11.9. The first-order chi connectivity index (χ1) is 13.1. The fraction of sp³-hybridized carbons (Fsp3) is 0.500. The molecule has 3 heteroatoms. The van der Waals surface area contributed by atoms with Gasteiger partial charge in [-0.25, -0.2) is 4.79 Å². The molecule has 146 valence electrons. The second-order valence-electron chi connectivity index (χ2n) is 7.46. The molecule has 1 aromatic rings. The number of hydrogen-bond acceptors (Lipinski definition) is 2. The Hall–Kier alpha value is -2.16. The summed E-state index contributed by atoms with van der Waals surface area (Å²) in [4.78, 5) is 16.9. The van der Waals surface area contributed by atoms with E-state index in [1.807, 2.05) is 42.6 Å². The summed E-state index contributed by atoms with van der Waals surface area (Å²) in [6.45, 7) is 6.56. The third kappa shape index (κ3) is 5.18. The van der Waals surface area contributed by atoms with Crippen molar-refractivity contribution in [2.45, 2.75) is 71.8 Å². The Morgan fingerprint density at radius 3 is 2.48 bits per heavy atom. The summed E-state index contributed by atoms with van der Waals surface area (Å²) in [5, 5.41) is 9.78. The van der Waals surface area contributed by atoms with Crippen LogP contribution in [-0.4, -0.2) is 23.3 Å². The summed E-state index contributed by atoms with van der Waals surface area (Å²) in [6, 6.07) is 9.97. The van der Waals surface area contributed by atoms with Crippen molar-refractivity contribution < 1.29 is 9.90 Å². The van der Waals surface area contributed by atoms with Gasteiger partial charge in [0.15, 0.2) is 0 Å². The largest absolute Gasteiger partial charge is 0.478 e. The molecule has 1 aliphatic carbocycles.